The van der Waals surface area contributed by atoms with Crippen LogP contribution in [-0.4, -0.2) is 49.8 Å². The fourth-order valence-corrected chi connectivity index (χ4v) is 3.89. The van der Waals surface area contributed by atoms with Crippen molar-refractivity contribution in [1.29, 1.82) is 0 Å². The third kappa shape index (κ3) is 2.83. The molecule has 100 valence electrons. The summed E-state index contributed by atoms with van der Waals surface area (Å²) in [6, 6.07) is 3.00. The van der Waals surface area contributed by atoms with Gasteiger partial charge in [0.2, 0.25) is 0 Å². The van der Waals surface area contributed by atoms with Gasteiger partial charge in [0.05, 0.1) is 6.61 Å². The molecule has 0 radical (unpaired) electrons. The zero-order chi connectivity index (χ0) is 12.3. The number of hydrogen-bond donors (Lipinski definition) is 1. The summed E-state index contributed by atoms with van der Waals surface area (Å²) in [7, 11) is 3.95. The summed E-state index contributed by atoms with van der Waals surface area (Å²) in [5, 5.41) is 3.47. The third-order valence-corrected chi connectivity index (χ3v) is 4.60. The van der Waals surface area contributed by atoms with E-state index in [1.54, 1.807) is 0 Å². The predicted octanol–water partition coefficient (Wildman–Crippen LogP) is 2.02. The Morgan fingerprint density at radius 3 is 2.41 bits per heavy atom. The normalized spacial score (nSPS) is 35.1. The first kappa shape index (κ1) is 13.3. The van der Waals surface area contributed by atoms with E-state index >= 15 is 0 Å². The molecule has 0 aromatic rings. The van der Waals surface area contributed by atoms with Crippen molar-refractivity contribution in [2.45, 2.75) is 69.6 Å². The fourth-order valence-electron chi connectivity index (χ4n) is 3.89. The Balaban J connectivity index is 2.00. The van der Waals surface area contributed by atoms with Crippen molar-refractivity contribution in [2.75, 3.05) is 20.8 Å². The third-order valence-electron chi connectivity index (χ3n) is 4.60. The van der Waals surface area contributed by atoms with Gasteiger partial charge in [-0.05, 0) is 39.2 Å². The zero-order valence-corrected chi connectivity index (χ0v) is 11.6. The summed E-state index contributed by atoms with van der Waals surface area (Å²) in [6.45, 7) is 3.19. The minimum absolute atomic E-state index is 0.653. The molecule has 0 spiro atoms. The van der Waals surface area contributed by atoms with Crippen LogP contribution in [0.15, 0.2) is 0 Å². The summed E-state index contributed by atoms with van der Waals surface area (Å²) in [5.41, 5.74) is 0. The largest absolute Gasteiger partial charge is 0.383 e. The lowest BCUT2D eigenvalue weighted by molar-refractivity contribution is 0.0220. The van der Waals surface area contributed by atoms with Crippen LogP contribution in [0.2, 0.25) is 0 Å². The summed E-state index contributed by atoms with van der Waals surface area (Å²) in [5.74, 6) is 0. The van der Waals surface area contributed by atoms with E-state index in [4.69, 9.17) is 4.74 Å². The van der Waals surface area contributed by atoms with E-state index in [2.05, 4.69) is 24.2 Å². The minimum Gasteiger partial charge on any atom is -0.383 e. The van der Waals surface area contributed by atoms with Crippen LogP contribution < -0.4 is 5.32 Å². The van der Waals surface area contributed by atoms with Crippen LogP contribution in [0, 0.1) is 0 Å². The second-order valence-corrected chi connectivity index (χ2v) is 5.69. The summed E-state index contributed by atoms with van der Waals surface area (Å²) in [6.07, 6.45) is 8.00. The molecule has 17 heavy (non-hydrogen) atoms. The number of piperidine rings is 1. The molecule has 2 saturated heterocycles. The first-order chi connectivity index (χ1) is 8.30. The second-order valence-electron chi connectivity index (χ2n) is 5.69. The first-order valence-corrected chi connectivity index (χ1v) is 7.23. The molecule has 2 bridgehead atoms. The summed E-state index contributed by atoms with van der Waals surface area (Å²) >= 11 is 0. The molecule has 2 heterocycles. The van der Waals surface area contributed by atoms with Gasteiger partial charge in [0, 0.05) is 31.3 Å². The molecule has 3 heteroatoms. The van der Waals surface area contributed by atoms with Gasteiger partial charge in [-0.1, -0.05) is 13.3 Å². The summed E-state index contributed by atoms with van der Waals surface area (Å²) < 4.78 is 5.43. The van der Waals surface area contributed by atoms with E-state index in [0.29, 0.717) is 6.04 Å². The highest BCUT2D eigenvalue weighted by atomic mass is 16.5. The molecule has 0 aromatic carbocycles. The highest BCUT2D eigenvalue weighted by molar-refractivity contribution is 4.99. The number of nitrogens with one attached hydrogen (secondary N) is 1. The average Bonchev–Trinajstić information content (AvgIpc) is 2.59. The molecular formula is C14H28N2O. The van der Waals surface area contributed by atoms with E-state index in [-0.39, 0.29) is 0 Å². The number of ether oxygens (including phenoxy) is 1. The molecule has 0 amide bonds. The van der Waals surface area contributed by atoms with Gasteiger partial charge in [0.15, 0.2) is 0 Å². The van der Waals surface area contributed by atoms with Gasteiger partial charge in [0.1, 0.15) is 0 Å². The fraction of sp³-hybridized carbons (Fsp3) is 1.00. The lowest BCUT2D eigenvalue weighted by atomic mass is 9.94. The Labute approximate surface area is 106 Å². The molecule has 2 fully saturated rings. The van der Waals surface area contributed by atoms with Crippen LogP contribution in [0.25, 0.3) is 0 Å². The second kappa shape index (κ2) is 6.17. The van der Waals surface area contributed by atoms with Gasteiger partial charge in [-0.2, -0.15) is 0 Å². The van der Waals surface area contributed by atoms with Gasteiger partial charge in [-0.25, -0.2) is 0 Å². The first-order valence-electron chi connectivity index (χ1n) is 7.23. The molecule has 3 atom stereocenters. The molecule has 0 aliphatic carbocycles. The lowest BCUT2D eigenvalue weighted by Gasteiger charge is -2.43. The van der Waals surface area contributed by atoms with Gasteiger partial charge < -0.3 is 10.1 Å². The van der Waals surface area contributed by atoms with Crippen molar-refractivity contribution in [2.24, 2.45) is 0 Å². The van der Waals surface area contributed by atoms with E-state index in [9.17, 15) is 0 Å². The Hall–Kier alpha value is -0.120. The number of nitrogens with zero attached hydrogens (tertiary/aromatic N) is 1. The Kier molecular flexibility index (Phi) is 4.83. The van der Waals surface area contributed by atoms with Crippen LogP contribution in [0.1, 0.15) is 45.4 Å². The molecule has 0 saturated carbocycles. The maximum Gasteiger partial charge on any atom is 0.0618 e. The Bertz CT molecular complexity index is 214. The maximum atomic E-state index is 5.43. The van der Waals surface area contributed by atoms with Gasteiger partial charge in [-0.3, -0.25) is 4.90 Å². The lowest BCUT2D eigenvalue weighted by Crippen LogP contribution is -2.53. The Morgan fingerprint density at radius 1 is 1.29 bits per heavy atom. The van der Waals surface area contributed by atoms with Crippen molar-refractivity contribution >= 4 is 0 Å². The van der Waals surface area contributed by atoms with Crippen molar-refractivity contribution < 1.29 is 4.74 Å². The average molecular weight is 240 g/mol. The highest BCUT2D eigenvalue weighted by Crippen LogP contribution is 2.38. The van der Waals surface area contributed by atoms with Crippen LogP contribution >= 0.6 is 0 Å². The van der Waals surface area contributed by atoms with Gasteiger partial charge in [-0.15, -0.1) is 0 Å². The molecule has 2 rings (SSSR count). The topological polar surface area (TPSA) is 24.5 Å². The van der Waals surface area contributed by atoms with E-state index in [1.165, 1.54) is 38.5 Å². The zero-order valence-electron chi connectivity index (χ0n) is 11.6. The summed E-state index contributed by atoms with van der Waals surface area (Å²) in [4.78, 5) is 2.79. The SMILES string of the molecule is CCCC(COC)N1C2CCC1CC(NC)C2. The van der Waals surface area contributed by atoms with Crippen LogP contribution in [0.4, 0.5) is 0 Å². The van der Waals surface area contributed by atoms with E-state index < -0.39 is 0 Å². The standard InChI is InChI=1S/C14H28N2O/c1-4-5-14(10-17-3)16-12-6-7-13(16)9-11(8-12)15-2/h11-15H,4-10H2,1-3H3. The van der Waals surface area contributed by atoms with Gasteiger partial charge in [0.25, 0.3) is 0 Å². The molecule has 0 aromatic heterocycles. The van der Waals surface area contributed by atoms with Crippen LogP contribution in [0.5, 0.6) is 0 Å². The molecule has 2 aliphatic rings. The van der Waals surface area contributed by atoms with Crippen molar-refractivity contribution in [3.8, 4) is 0 Å². The highest BCUT2D eigenvalue weighted by Gasteiger charge is 2.43. The quantitative estimate of drug-likeness (QED) is 0.769. The van der Waals surface area contributed by atoms with Gasteiger partial charge >= 0.3 is 0 Å². The molecule has 3 unspecified atom stereocenters. The minimum atomic E-state index is 0.653. The van der Waals surface area contributed by atoms with Crippen molar-refractivity contribution in [1.82, 2.24) is 10.2 Å². The number of fused-ring (bicyclic) bond motifs is 2. The maximum absolute atomic E-state index is 5.43. The van der Waals surface area contributed by atoms with Crippen LogP contribution in [0.3, 0.4) is 0 Å². The van der Waals surface area contributed by atoms with Crippen molar-refractivity contribution in [3.63, 3.8) is 0 Å². The molecular weight excluding hydrogens is 212 g/mol. The smallest absolute Gasteiger partial charge is 0.0618 e. The van der Waals surface area contributed by atoms with Crippen LogP contribution in [-0.2, 0) is 4.74 Å². The number of rotatable bonds is 6. The monoisotopic (exact) mass is 240 g/mol. The molecule has 2 aliphatic heterocycles. The predicted molar refractivity (Wildman–Crippen MR) is 71.3 cm³/mol. The van der Waals surface area contributed by atoms with E-state index in [1.807, 2.05) is 7.11 Å². The Morgan fingerprint density at radius 2 is 1.94 bits per heavy atom. The van der Waals surface area contributed by atoms with Crippen molar-refractivity contribution in [3.05, 3.63) is 0 Å². The molecule has 1 N–H and O–H groups in total. The molecule has 3 nitrogen and oxygen atoms in total. The number of hydrogen-bond acceptors (Lipinski definition) is 3. The van der Waals surface area contributed by atoms with E-state index in [0.717, 1.165) is 24.7 Å². The number of methoxy groups -OCH3 is 1.